The van der Waals surface area contributed by atoms with Crippen LogP contribution in [0.5, 0.6) is 0 Å². The van der Waals surface area contributed by atoms with Crippen LogP contribution in [0.1, 0.15) is 29.3 Å². The summed E-state index contributed by atoms with van der Waals surface area (Å²) in [7, 11) is 1.94. The van der Waals surface area contributed by atoms with Gasteiger partial charge in [0.25, 0.3) is 0 Å². The normalized spacial score (nSPS) is 10.4. The molecule has 0 aliphatic rings. The summed E-state index contributed by atoms with van der Waals surface area (Å²) < 4.78 is 1.85. The third kappa shape index (κ3) is 3.43. The van der Waals surface area contributed by atoms with Gasteiger partial charge in [0, 0.05) is 31.9 Å². The third-order valence-electron chi connectivity index (χ3n) is 3.03. The average Bonchev–Trinajstić information content (AvgIpc) is 2.79. The van der Waals surface area contributed by atoms with E-state index in [0.717, 1.165) is 30.8 Å². The molecular formula is C15H18N4. The van der Waals surface area contributed by atoms with Crippen molar-refractivity contribution in [3.63, 3.8) is 0 Å². The lowest BCUT2D eigenvalue weighted by Gasteiger charge is -2.05. The van der Waals surface area contributed by atoms with Crippen molar-refractivity contribution >= 4 is 0 Å². The fraction of sp³-hybridized carbons (Fsp3) is 0.333. The summed E-state index contributed by atoms with van der Waals surface area (Å²) in [4.78, 5) is 0. The van der Waals surface area contributed by atoms with Crippen molar-refractivity contribution in [1.29, 1.82) is 5.26 Å². The van der Waals surface area contributed by atoms with Gasteiger partial charge in [-0.05, 0) is 24.1 Å². The molecule has 0 radical (unpaired) electrons. The molecular weight excluding hydrogens is 236 g/mol. The minimum Gasteiger partial charge on any atom is -0.308 e. The molecule has 0 saturated carbocycles. The minimum absolute atomic E-state index is 0.704. The first-order valence-electron chi connectivity index (χ1n) is 6.44. The van der Waals surface area contributed by atoms with Crippen molar-refractivity contribution in [2.24, 2.45) is 7.05 Å². The van der Waals surface area contributed by atoms with Crippen LogP contribution in [0.2, 0.25) is 0 Å². The molecule has 2 rings (SSSR count). The zero-order valence-electron chi connectivity index (χ0n) is 11.3. The van der Waals surface area contributed by atoms with Crippen molar-refractivity contribution in [3.8, 4) is 6.07 Å². The lowest BCUT2D eigenvalue weighted by molar-refractivity contribution is 0.688. The molecule has 4 heteroatoms. The molecule has 0 saturated heterocycles. The number of nitrogens with one attached hydrogen (secondary N) is 1. The molecule has 1 aromatic heterocycles. The van der Waals surface area contributed by atoms with Gasteiger partial charge in [-0.3, -0.25) is 4.68 Å². The van der Waals surface area contributed by atoms with E-state index in [-0.39, 0.29) is 0 Å². The van der Waals surface area contributed by atoms with Crippen LogP contribution < -0.4 is 5.32 Å². The second-order valence-corrected chi connectivity index (χ2v) is 4.54. The summed E-state index contributed by atoms with van der Waals surface area (Å²) in [5, 5.41) is 16.7. The van der Waals surface area contributed by atoms with Gasteiger partial charge in [0.1, 0.15) is 0 Å². The summed E-state index contributed by atoms with van der Waals surface area (Å²) in [6.07, 6.45) is 3.00. The Morgan fingerprint density at radius 2 is 2.21 bits per heavy atom. The summed E-state index contributed by atoms with van der Waals surface area (Å²) in [5.41, 5.74) is 4.21. The van der Waals surface area contributed by atoms with E-state index >= 15 is 0 Å². The van der Waals surface area contributed by atoms with Crippen LogP contribution >= 0.6 is 0 Å². The SMILES string of the molecule is CCc1nn(C)cc1CNCc1cccc(C#N)c1. The largest absolute Gasteiger partial charge is 0.308 e. The highest BCUT2D eigenvalue weighted by atomic mass is 15.3. The Bertz CT molecular complexity index is 592. The van der Waals surface area contributed by atoms with Gasteiger partial charge in [-0.25, -0.2) is 0 Å². The summed E-state index contributed by atoms with van der Waals surface area (Å²) in [6.45, 7) is 3.67. The van der Waals surface area contributed by atoms with Crippen molar-refractivity contribution in [3.05, 3.63) is 52.8 Å². The van der Waals surface area contributed by atoms with Gasteiger partial charge in [0.05, 0.1) is 17.3 Å². The Morgan fingerprint density at radius 3 is 2.95 bits per heavy atom. The van der Waals surface area contributed by atoms with E-state index < -0.39 is 0 Å². The predicted molar refractivity (Wildman–Crippen MR) is 74.3 cm³/mol. The van der Waals surface area contributed by atoms with Crippen molar-refractivity contribution in [2.75, 3.05) is 0 Å². The monoisotopic (exact) mass is 254 g/mol. The number of nitriles is 1. The summed E-state index contributed by atoms with van der Waals surface area (Å²) in [5.74, 6) is 0. The number of hydrogen-bond acceptors (Lipinski definition) is 3. The van der Waals surface area contributed by atoms with Gasteiger partial charge in [-0.2, -0.15) is 10.4 Å². The molecule has 1 aromatic carbocycles. The molecule has 4 nitrogen and oxygen atoms in total. The van der Waals surface area contributed by atoms with Gasteiger partial charge in [0.2, 0.25) is 0 Å². The second kappa shape index (κ2) is 6.17. The molecule has 98 valence electrons. The molecule has 0 fully saturated rings. The molecule has 0 amide bonds. The predicted octanol–water partition coefficient (Wildman–Crippen LogP) is 2.14. The Morgan fingerprint density at radius 1 is 1.37 bits per heavy atom. The van der Waals surface area contributed by atoms with Crippen LogP contribution in [-0.4, -0.2) is 9.78 Å². The van der Waals surface area contributed by atoms with E-state index in [0.29, 0.717) is 5.56 Å². The topological polar surface area (TPSA) is 53.6 Å². The lowest BCUT2D eigenvalue weighted by Crippen LogP contribution is -2.13. The van der Waals surface area contributed by atoms with E-state index in [2.05, 4.69) is 29.6 Å². The fourth-order valence-corrected chi connectivity index (χ4v) is 2.12. The van der Waals surface area contributed by atoms with Crippen LogP contribution in [-0.2, 0) is 26.6 Å². The number of aromatic nitrogens is 2. The van der Waals surface area contributed by atoms with E-state index in [4.69, 9.17) is 5.26 Å². The maximum Gasteiger partial charge on any atom is 0.0991 e. The quantitative estimate of drug-likeness (QED) is 0.889. The van der Waals surface area contributed by atoms with Crippen LogP contribution in [0, 0.1) is 11.3 Å². The summed E-state index contributed by atoms with van der Waals surface area (Å²) >= 11 is 0. The van der Waals surface area contributed by atoms with Gasteiger partial charge in [-0.1, -0.05) is 19.1 Å². The summed E-state index contributed by atoms with van der Waals surface area (Å²) in [6, 6.07) is 9.83. The Kier molecular flexibility index (Phi) is 4.32. The number of hydrogen-bond donors (Lipinski definition) is 1. The molecule has 0 spiro atoms. The average molecular weight is 254 g/mol. The first kappa shape index (κ1) is 13.3. The van der Waals surface area contributed by atoms with Crippen LogP contribution in [0.3, 0.4) is 0 Å². The number of benzene rings is 1. The van der Waals surface area contributed by atoms with Crippen molar-refractivity contribution < 1.29 is 0 Å². The van der Waals surface area contributed by atoms with E-state index in [9.17, 15) is 0 Å². The highest BCUT2D eigenvalue weighted by Gasteiger charge is 2.05. The highest BCUT2D eigenvalue weighted by Crippen LogP contribution is 2.08. The number of rotatable bonds is 5. The molecule has 1 heterocycles. The smallest absolute Gasteiger partial charge is 0.0991 e. The molecule has 0 aliphatic heterocycles. The van der Waals surface area contributed by atoms with Gasteiger partial charge < -0.3 is 5.32 Å². The van der Waals surface area contributed by atoms with Crippen LogP contribution in [0.15, 0.2) is 30.5 Å². The first-order valence-corrected chi connectivity index (χ1v) is 6.44. The number of aryl methyl sites for hydroxylation is 2. The van der Waals surface area contributed by atoms with E-state index in [1.165, 1.54) is 5.56 Å². The zero-order chi connectivity index (χ0) is 13.7. The number of nitrogens with zero attached hydrogens (tertiary/aromatic N) is 3. The Labute approximate surface area is 113 Å². The fourth-order valence-electron chi connectivity index (χ4n) is 2.12. The third-order valence-corrected chi connectivity index (χ3v) is 3.03. The molecule has 0 unspecified atom stereocenters. The molecule has 0 bridgehead atoms. The second-order valence-electron chi connectivity index (χ2n) is 4.54. The standard InChI is InChI=1S/C15H18N4/c1-3-15-14(11-19(2)18-15)10-17-9-13-6-4-5-12(7-13)8-16/h4-7,11,17H,3,9-10H2,1-2H3. The highest BCUT2D eigenvalue weighted by molar-refractivity contribution is 5.32. The van der Waals surface area contributed by atoms with Gasteiger partial charge in [0.15, 0.2) is 0 Å². The maximum atomic E-state index is 8.86. The Hall–Kier alpha value is -2.12. The van der Waals surface area contributed by atoms with E-state index in [1.807, 2.05) is 36.0 Å². The van der Waals surface area contributed by atoms with Crippen LogP contribution in [0.25, 0.3) is 0 Å². The lowest BCUT2D eigenvalue weighted by atomic mass is 10.1. The molecule has 1 N–H and O–H groups in total. The molecule has 19 heavy (non-hydrogen) atoms. The first-order chi connectivity index (χ1) is 9.22. The maximum absolute atomic E-state index is 8.86. The van der Waals surface area contributed by atoms with Crippen molar-refractivity contribution in [2.45, 2.75) is 26.4 Å². The van der Waals surface area contributed by atoms with Crippen molar-refractivity contribution in [1.82, 2.24) is 15.1 Å². The van der Waals surface area contributed by atoms with E-state index in [1.54, 1.807) is 0 Å². The minimum atomic E-state index is 0.704. The Balaban J connectivity index is 1.94. The zero-order valence-corrected chi connectivity index (χ0v) is 11.3. The van der Waals surface area contributed by atoms with Crippen LogP contribution in [0.4, 0.5) is 0 Å². The molecule has 0 atom stereocenters. The molecule has 2 aromatic rings. The van der Waals surface area contributed by atoms with Gasteiger partial charge >= 0.3 is 0 Å². The van der Waals surface area contributed by atoms with Gasteiger partial charge in [-0.15, -0.1) is 0 Å². The molecule has 0 aliphatic carbocycles.